The molecule has 23 heavy (non-hydrogen) atoms. The number of nitrogens with zero attached hydrogens (tertiary/aromatic N) is 1. The normalized spacial score (nSPS) is 11.0. The largest absolute Gasteiger partial charge is 0.508 e. The maximum absolute atomic E-state index is 10.0. The maximum Gasteiger partial charge on any atom is 0.123 e. The molecule has 0 aliphatic rings. The van der Waals surface area contributed by atoms with E-state index in [4.69, 9.17) is 0 Å². The fraction of sp³-hybridized carbons (Fsp3) is 0. The molecule has 3 rings (SSSR count). The number of pyridine rings is 1. The van der Waals surface area contributed by atoms with Crippen LogP contribution in [0.15, 0.2) is 60.9 Å². The Morgan fingerprint density at radius 1 is 0.696 bits per heavy atom. The lowest BCUT2D eigenvalue weighted by atomic mass is 10.0. The Hall–Kier alpha value is -3.27. The minimum absolute atomic E-state index is 0.00725. The number of phenols is 3. The van der Waals surface area contributed by atoms with Gasteiger partial charge in [-0.05, 0) is 53.1 Å². The average Bonchev–Trinajstić information content (AvgIpc) is 2.54. The summed E-state index contributed by atoms with van der Waals surface area (Å²) in [5.41, 5.74) is 3.16. The van der Waals surface area contributed by atoms with Crippen LogP contribution in [0.2, 0.25) is 0 Å². The Morgan fingerprint density at radius 3 is 2.04 bits per heavy atom. The molecule has 1 heterocycles. The van der Waals surface area contributed by atoms with Crippen LogP contribution in [-0.2, 0) is 0 Å². The predicted octanol–water partition coefficient (Wildman–Crippen LogP) is 4.04. The van der Waals surface area contributed by atoms with Crippen molar-refractivity contribution in [1.82, 2.24) is 4.98 Å². The van der Waals surface area contributed by atoms with Gasteiger partial charge in [-0.25, -0.2) is 0 Å². The zero-order valence-corrected chi connectivity index (χ0v) is 12.2. The molecule has 0 fully saturated rings. The smallest absolute Gasteiger partial charge is 0.123 e. The monoisotopic (exact) mass is 305 g/mol. The molecule has 2 aromatic carbocycles. The van der Waals surface area contributed by atoms with Crippen molar-refractivity contribution < 1.29 is 15.3 Å². The fourth-order valence-electron chi connectivity index (χ4n) is 2.33. The highest BCUT2D eigenvalue weighted by molar-refractivity contribution is 5.77. The van der Waals surface area contributed by atoms with E-state index in [1.165, 1.54) is 6.07 Å². The first-order chi connectivity index (χ1) is 11.1. The van der Waals surface area contributed by atoms with Gasteiger partial charge in [0.1, 0.15) is 17.2 Å². The first-order valence-electron chi connectivity index (χ1n) is 7.06. The van der Waals surface area contributed by atoms with Gasteiger partial charge in [-0.2, -0.15) is 0 Å². The average molecular weight is 305 g/mol. The molecule has 114 valence electrons. The van der Waals surface area contributed by atoms with Gasteiger partial charge in [0.2, 0.25) is 0 Å². The summed E-state index contributed by atoms with van der Waals surface area (Å²) in [4.78, 5) is 3.97. The van der Waals surface area contributed by atoms with Crippen molar-refractivity contribution in [3.8, 4) is 28.4 Å². The molecule has 3 aromatic rings. The third-order valence-electron chi connectivity index (χ3n) is 3.41. The number of benzene rings is 2. The molecular weight excluding hydrogens is 290 g/mol. The Morgan fingerprint density at radius 2 is 1.35 bits per heavy atom. The highest BCUT2D eigenvalue weighted by atomic mass is 16.3. The second kappa shape index (κ2) is 6.23. The summed E-state index contributed by atoms with van der Waals surface area (Å²) in [5, 5.41) is 29.0. The molecule has 4 heteroatoms. The number of aromatic hydroxyl groups is 3. The SMILES string of the molecule is Oc1cc(O)cc(C=Cc2ccc(O)c(-c3ccncc3)c2)c1. The molecule has 0 saturated carbocycles. The van der Waals surface area contributed by atoms with E-state index in [9.17, 15) is 15.3 Å². The first-order valence-corrected chi connectivity index (χ1v) is 7.06. The van der Waals surface area contributed by atoms with Crippen LogP contribution in [0.1, 0.15) is 11.1 Å². The Balaban J connectivity index is 1.93. The number of rotatable bonds is 3. The molecule has 3 N–H and O–H groups in total. The number of aromatic nitrogens is 1. The summed E-state index contributed by atoms with van der Waals surface area (Å²) in [6.07, 6.45) is 6.97. The summed E-state index contributed by atoms with van der Waals surface area (Å²) in [6.45, 7) is 0. The number of hydrogen-bond donors (Lipinski definition) is 3. The van der Waals surface area contributed by atoms with Crippen molar-refractivity contribution in [2.75, 3.05) is 0 Å². The van der Waals surface area contributed by atoms with Gasteiger partial charge in [-0.15, -0.1) is 0 Å². The van der Waals surface area contributed by atoms with Gasteiger partial charge in [0.15, 0.2) is 0 Å². The van der Waals surface area contributed by atoms with Crippen LogP contribution in [0, 0.1) is 0 Å². The lowest BCUT2D eigenvalue weighted by molar-refractivity contribution is 0.450. The van der Waals surface area contributed by atoms with Crippen LogP contribution in [-0.4, -0.2) is 20.3 Å². The number of hydrogen-bond acceptors (Lipinski definition) is 4. The van der Waals surface area contributed by atoms with Gasteiger partial charge in [0.05, 0.1) is 0 Å². The topological polar surface area (TPSA) is 73.6 Å². The Kier molecular flexibility index (Phi) is 3.97. The van der Waals surface area contributed by atoms with Crippen LogP contribution in [0.3, 0.4) is 0 Å². The number of phenolic OH excluding ortho intramolecular Hbond substituents is 3. The van der Waals surface area contributed by atoms with Crippen LogP contribution >= 0.6 is 0 Å². The molecule has 0 saturated heterocycles. The Labute approximate surface area is 133 Å². The van der Waals surface area contributed by atoms with Crippen LogP contribution in [0.4, 0.5) is 0 Å². The van der Waals surface area contributed by atoms with E-state index < -0.39 is 0 Å². The minimum Gasteiger partial charge on any atom is -0.508 e. The van der Waals surface area contributed by atoms with Gasteiger partial charge in [0.25, 0.3) is 0 Å². The van der Waals surface area contributed by atoms with Gasteiger partial charge >= 0.3 is 0 Å². The summed E-state index contributed by atoms with van der Waals surface area (Å²) in [7, 11) is 0. The molecular formula is C19H15NO3. The minimum atomic E-state index is 0.00725. The molecule has 0 atom stereocenters. The molecule has 0 aliphatic heterocycles. The van der Waals surface area contributed by atoms with Gasteiger partial charge < -0.3 is 15.3 Å². The van der Waals surface area contributed by atoms with E-state index in [1.54, 1.807) is 42.7 Å². The lowest BCUT2D eigenvalue weighted by Crippen LogP contribution is -1.82. The zero-order chi connectivity index (χ0) is 16.2. The van der Waals surface area contributed by atoms with Crippen LogP contribution in [0.25, 0.3) is 23.3 Å². The summed E-state index contributed by atoms with van der Waals surface area (Å²) in [6, 6.07) is 13.3. The van der Waals surface area contributed by atoms with Gasteiger partial charge in [0, 0.05) is 24.0 Å². The second-order valence-electron chi connectivity index (χ2n) is 5.13. The van der Waals surface area contributed by atoms with Crippen molar-refractivity contribution in [2.45, 2.75) is 0 Å². The highest BCUT2D eigenvalue weighted by Crippen LogP contribution is 2.30. The van der Waals surface area contributed by atoms with Crippen molar-refractivity contribution in [3.63, 3.8) is 0 Å². The standard InChI is InChI=1S/C19H15NO3/c21-16-9-14(10-17(22)12-16)2-1-13-3-4-19(23)18(11-13)15-5-7-20-8-6-15/h1-12,21-23H. The third kappa shape index (κ3) is 3.49. The quantitative estimate of drug-likeness (QED) is 0.639. The molecule has 0 amide bonds. The summed E-state index contributed by atoms with van der Waals surface area (Å²) in [5.74, 6) is 0.212. The van der Waals surface area contributed by atoms with Crippen LogP contribution in [0.5, 0.6) is 17.2 Å². The van der Waals surface area contributed by atoms with Crippen molar-refractivity contribution >= 4 is 12.2 Å². The lowest BCUT2D eigenvalue weighted by Gasteiger charge is -2.06. The molecule has 0 radical (unpaired) electrons. The molecule has 4 nitrogen and oxygen atoms in total. The van der Waals surface area contributed by atoms with Crippen LogP contribution < -0.4 is 0 Å². The molecule has 0 unspecified atom stereocenters. The van der Waals surface area contributed by atoms with E-state index in [-0.39, 0.29) is 17.2 Å². The molecule has 0 spiro atoms. The fourth-order valence-corrected chi connectivity index (χ4v) is 2.33. The summed E-state index contributed by atoms with van der Waals surface area (Å²) < 4.78 is 0. The van der Waals surface area contributed by atoms with E-state index in [2.05, 4.69) is 4.98 Å². The third-order valence-corrected chi connectivity index (χ3v) is 3.41. The molecule has 0 aliphatic carbocycles. The predicted molar refractivity (Wildman–Crippen MR) is 90.0 cm³/mol. The summed E-state index contributed by atoms with van der Waals surface area (Å²) >= 11 is 0. The molecule has 1 aromatic heterocycles. The van der Waals surface area contributed by atoms with Crippen molar-refractivity contribution in [3.05, 3.63) is 72.1 Å². The molecule has 0 bridgehead atoms. The van der Waals surface area contributed by atoms with E-state index in [0.717, 1.165) is 11.1 Å². The zero-order valence-electron chi connectivity index (χ0n) is 12.2. The second-order valence-corrected chi connectivity index (χ2v) is 5.13. The highest BCUT2D eigenvalue weighted by Gasteiger charge is 2.04. The first kappa shape index (κ1) is 14.7. The maximum atomic E-state index is 10.0. The Bertz CT molecular complexity index is 837. The van der Waals surface area contributed by atoms with Crippen molar-refractivity contribution in [1.29, 1.82) is 0 Å². The van der Waals surface area contributed by atoms with Gasteiger partial charge in [-0.3, -0.25) is 4.98 Å². The van der Waals surface area contributed by atoms with E-state index in [0.29, 0.717) is 11.1 Å². The van der Waals surface area contributed by atoms with E-state index >= 15 is 0 Å². The van der Waals surface area contributed by atoms with Crippen molar-refractivity contribution in [2.24, 2.45) is 0 Å². The van der Waals surface area contributed by atoms with E-state index in [1.807, 2.05) is 24.3 Å². The van der Waals surface area contributed by atoms with Gasteiger partial charge in [-0.1, -0.05) is 18.2 Å².